The Balaban J connectivity index is 4.28. The molecule has 0 aliphatic heterocycles. The van der Waals surface area contributed by atoms with E-state index in [1.54, 1.807) is 0 Å². The van der Waals surface area contributed by atoms with Crippen LogP contribution in [0.5, 0.6) is 0 Å². The Labute approximate surface area is 348 Å². The van der Waals surface area contributed by atoms with Crippen molar-refractivity contribution >= 4 is 17.9 Å². The fourth-order valence-corrected chi connectivity index (χ4v) is 7.51. The number of hydrogen-bond acceptors (Lipinski definition) is 6. The molecule has 0 fully saturated rings. The highest BCUT2D eigenvalue weighted by atomic mass is 16.6. The number of unbranched alkanes of at least 4 members (excludes halogenated alkanes) is 32. The van der Waals surface area contributed by atoms with Crippen molar-refractivity contribution in [3.05, 3.63) is 0 Å². The predicted octanol–water partition coefficient (Wildman–Crippen LogP) is 15.9. The molecule has 0 aromatic carbocycles. The van der Waals surface area contributed by atoms with Gasteiger partial charge in [0.2, 0.25) is 0 Å². The van der Waals surface area contributed by atoms with Gasteiger partial charge < -0.3 is 14.2 Å². The van der Waals surface area contributed by atoms with Gasteiger partial charge in [0.25, 0.3) is 0 Å². The summed E-state index contributed by atoms with van der Waals surface area (Å²) in [6, 6.07) is 0. The van der Waals surface area contributed by atoms with Crippen LogP contribution in [0.1, 0.15) is 278 Å². The zero-order valence-corrected chi connectivity index (χ0v) is 38.1. The lowest BCUT2D eigenvalue weighted by molar-refractivity contribution is -0.167. The van der Waals surface area contributed by atoms with Gasteiger partial charge in [-0.2, -0.15) is 0 Å². The summed E-state index contributed by atoms with van der Waals surface area (Å²) in [5, 5.41) is 0. The first-order valence-electron chi connectivity index (χ1n) is 24.9. The van der Waals surface area contributed by atoms with Crippen molar-refractivity contribution < 1.29 is 28.6 Å². The number of rotatable bonds is 45. The van der Waals surface area contributed by atoms with Crippen LogP contribution in [0.4, 0.5) is 0 Å². The molecule has 0 spiro atoms. The van der Waals surface area contributed by atoms with E-state index in [1.807, 2.05) is 0 Å². The fraction of sp³-hybridized carbons (Fsp3) is 0.940. The van der Waals surface area contributed by atoms with Crippen LogP contribution in [0.3, 0.4) is 0 Å². The Hall–Kier alpha value is -1.59. The number of carbonyl (C=O) groups excluding carboxylic acids is 3. The molecular formula is C50H96O6. The highest BCUT2D eigenvalue weighted by Gasteiger charge is 2.19. The second-order valence-corrected chi connectivity index (χ2v) is 17.6. The molecule has 56 heavy (non-hydrogen) atoms. The van der Waals surface area contributed by atoms with E-state index in [-0.39, 0.29) is 31.1 Å². The van der Waals surface area contributed by atoms with E-state index in [1.165, 1.54) is 173 Å². The zero-order valence-electron chi connectivity index (χ0n) is 38.1. The molecule has 0 heterocycles. The molecule has 0 rings (SSSR count). The molecule has 6 heteroatoms. The second kappa shape index (κ2) is 44.5. The van der Waals surface area contributed by atoms with Gasteiger partial charge in [0, 0.05) is 19.3 Å². The van der Waals surface area contributed by atoms with Crippen molar-refractivity contribution in [2.75, 3.05) is 13.2 Å². The Bertz CT molecular complexity index is 841. The maximum absolute atomic E-state index is 12.7. The first-order valence-corrected chi connectivity index (χ1v) is 24.9. The summed E-state index contributed by atoms with van der Waals surface area (Å²) in [5.74, 6) is -0.0249. The van der Waals surface area contributed by atoms with Gasteiger partial charge in [-0.3, -0.25) is 14.4 Å². The van der Waals surface area contributed by atoms with Crippen LogP contribution in [0.2, 0.25) is 0 Å². The molecule has 0 bridgehead atoms. The number of hydrogen-bond donors (Lipinski definition) is 0. The van der Waals surface area contributed by atoms with Crippen molar-refractivity contribution in [3.8, 4) is 0 Å². The monoisotopic (exact) mass is 793 g/mol. The molecule has 0 aromatic rings. The third-order valence-electron chi connectivity index (χ3n) is 11.3. The second-order valence-electron chi connectivity index (χ2n) is 17.6. The molecule has 0 amide bonds. The molecular weight excluding hydrogens is 697 g/mol. The van der Waals surface area contributed by atoms with Crippen LogP contribution in [-0.4, -0.2) is 37.2 Å². The Morgan fingerprint density at radius 2 is 0.589 bits per heavy atom. The summed E-state index contributed by atoms with van der Waals surface area (Å²) in [4.78, 5) is 37.8. The number of esters is 3. The minimum Gasteiger partial charge on any atom is -0.462 e. The summed E-state index contributed by atoms with van der Waals surface area (Å²) in [5.41, 5.74) is 0. The summed E-state index contributed by atoms with van der Waals surface area (Å²) in [6.45, 7) is 9.00. The fourth-order valence-electron chi connectivity index (χ4n) is 7.51. The standard InChI is InChI=1S/C50H96O6/c1-5-7-9-11-13-15-16-17-18-19-22-26-30-34-38-42-49(52)55-45-47(44-54-48(51)41-37-33-29-24-14-12-10-8-6-2)56-50(53)43-39-35-31-27-23-20-21-25-28-32-36-40-46(3)4/h46-47H,5-45H2,1-4H3/t47-/m0/s1. The first-order chi connectivity index (χ1) is 27.4. The van der Waals surface area contributed by atoms with E-state index < -0.39 is 6.10 Å². The van der Waals surface area contributed by atoms with Gasteiger partial charge in [-0.15, -0.1) is 0 Å². The normalized spacial score (nSPS) is 11.9. The van der Waals surface area contributed by atoms with E-state index in [2.05, 4.69) is 27.7 Å². The summed E-state index contributed by atoms with van der Waals surface area (Å²) >= 11 is 0. The van der Waals surface area contributed by atoms with E-state index >= 15 is 0 Å². The van der Waals surface area contributed by atoms with Gasteiger partial charge in [0.1, 0.15) is 13.2 Å². The molecule has 0 radical (unpaired) electrons. The van der Waals surface area contributed by atoms with Crippen molar-refractivity contribution in [2.45, 2.75) is 284 Å². The highest BCUT2D eigenvalue weighted by molar-refractivity contribution is 5.71. The van der Waals surface area contributed by atoms with Crippen molar-refractivity contribution in [1.29, 1.82) is 0 Å². The lowest BCUT2D eigenvalue weighted by Gasteiger charge is -2.18. The Kier molecular flexibility index (Phi) is 43.2. The molecule has 0 unspecified atom stereocenters. The third-order valence-corrected chi connectivity index (χ3v) is 11.3. The van der Waals surface area contributed by atoms with E-state index in [9.17, 15) is 14.4 Å². The average molecular weight is 793 g/mol. The van der Waals surface area contributed by atoms with Gasteiger partial charge in [0.05, 0.1) is 0 Å². The van der Waals surface area contributed by atoms with Gasteiger partial charge >= 0.3 is 17.9 Å². The lowest BCUT2D eigenvalue weighted by Crippen LogP contribution is -2.30. The van der Waals surface area contributed by atoms with Crippen molar-refractivity contribution in [3.63, 3.8) is 0 Å². The molecule has 0 N–H and O–H groups in total. The van der Waals surface area contributed by atoms with Gasteiger partial charge in [-0.05, 0) is 25.2 Å². The van der Waals surface area contributed by atoms with Crippen LogP contribution in [0.15, 0.2) is 0 Å². The quantitative estimate of drug-likeness (QED) is 0.0347. The predicted molar refractivity (Wildman–Crippen MR) is 238 cm³/mol. The molecule has 0 saturated carbocycles. The SMILES string of the molecule is CCCCCCCCCCCCCCCCCC(=O)OC[C@H](COC(=O)CCCCCCCCCCC)OC(=O)CCCCCCCCCCCCCC(C)C. The van der Waals surface area contributed by atoms with Gasteiger partial charge in [0.15, 0.2) is 6.10 Å². The summed E-state index contributed by atoms with van der Waals surface area (Å²) in [6.07, 6.45) is 45.1. The van der Waals surface area contributed by atoms with Crippen LogP contribution in [0, 0.1) is 5.92 Å². The Morgan fingerprint density at radius 1 is 0.339 bits per heavy atom. The van der Waals surface area contributed by atoms with Gasteiger partial charge in [-0.1, -0.05) is 240 Å². The summed E-state index contributed by atoms with van der Waals surface area (Å²) < 4.78 is 16.8. The van der Waals surface area contributed by atoms with E-state index in [0.29, 0.717) is 19.3 Å². The maximum atomic E-state index is 12.7. The zero-order chi connectivity index (χ0) is 41.0. The molecule has 332 valence electrons. The molecule has 6 nitrogen and oxygen atoms in total. The Morgan fingerprint density at radius 3 is 0.875 bits per heavy atom. The molecule has 0 aromatic heterocycles. The van der Waals surface area contributed by atoms with E-state index in [0.717, 1.165) is 63.7 Å². The first kappa shape index (κ1) is 54.4. The average Bonchev–Trinajstić information content (AvgIpc) is 3.18. The lowest BCUT2D eigenvalue weighted by atomic mass is 10.0. The number of carbonyl (C=O) groups is 3. The van der Waals surface area contributed by atoms with E-state index in [4.69, 9.17) is 14.2 Å². The third kappa shape index (κ3) is 43.5. The van der Waals surface area contributed by atoms with Crippen molar-refractivity contribution in [2.24, 2.45) is 5.92 Å². The van der Waals surface area contributed by atoms with Gasteiger partial charge in [-0.25, -0.2) is 0 Å². The highest BCUT2D eigenvalue weighted by Crippen LogP contribution is 2.17. The van der Waals surface area contributed by atoms with Crippen LogP contribution < -0.4 is 0 Å². The molecule has 0 aliphatic carbocycles. The topological polar surface area (TPSA) is 78.9 Å². The van der Waals surface area contributed by atoms with Crippen LogP contribution >= 0.6 is 0 Å². The minimum absolute atomic E-state index is 0.0631. The van der Waals surface area contributed by atoms with Crippen molar-refractivity contribution in [1.82, 2.24) is 0 Å². The molecule has 1 atom stereocenters. The maximum Gasteiger partial charge on any atom is 0.306 e. The summed E-state index contributed by atoms with van der Waals surface area (Å²) in [7, 11) is 0. The molecule has 0 aliphatic rings. The van der Waals surface area contributed by atoms with Crippen LogP contribution in [0.25, 0.3) is 0 Å². The number of ether oxygens (including phenoxy) is 3. The van der Waals surface area contributed by atoms with Crippen LogP contribution in [-0.2, 0) is 28.6 Å². The smallest absolute Gasteiger partial charge is 0.306 e. The molecule has 0 saturated heterocycles. The minimum atomic E-state index is -0.759. The largest absolute Gasteiger partial charge is 0.462 e.